The molecular weight excluding hydrogens is 330 g/mol. The standard InChI is InChI=1S/C21H27NO4/c1-5-17(26-20-13-9-8-12-19(20)24-4)21(23)22-16(3)14-25-18-11-7-6-10-15(18)2/h6-13,16-17H,5,14H2,1-4H3,(H,22,23)/t16-,17+/m0/s1. The molecule has 5 nitrogen and oxygen atoms in total. The highest BCUT2D eigenvalue weighted by atomic mass is 16.5. The van der Waals surface area contributed by atoms with E-state index < -0.39 is 6.10 Å². The van der Waals surface area contributed by atoms with Crippen LogP contribution in [-0.2, 0) is 4.79 Å². The molecule has 0 aromatic heterocycles. The molecule has 2 rings (SSSR count). The average Bonchev–Trinajstić information content (AvgIpc) is 2.65. The van der Waals surface area contributed by atoms with Crippen molar-refractivity contribution in [2.75, 3.05) is 13.7 Å². The van der Waals surface area contributed by atoms with E-state index in [1.54, 1.807) is 19.2 Å². The van der Waals surface area contributed by atoms with Crippen LogP contribution in [0.2, 0.25) is 0 Å². The second-order valence-electron chi connectivity index (χ2n) is 6.15. The molecule has 0 aliphatic carbocycles. The van der Waals surface area contributed by atoms with Crippen molar-refractivity contribution < 1.29 is 19.0 Å². The Labute approximate surface area is 155 Å². The Morgan fingerprint density at radius 3 is 2.27 bits per heavy atom. The largest absolute Gasteiger partial charge is 0.493 e. The van der Waals surface area contributed by atoms with Gasteiger partial charge in [0.1, 0.15) is 12.4 Å². The van der Waals surface area contributed by atoms with Gasteiger partial charge in [-0.05, 0) is 44.0 Å². The smallest absolute Gasteiger partial charge is 0.261 e. The maximum absolute atomic E-state index is 12.5. The lowest BCUT2D eigenvalue weighted by molar-refractivity contribution is -0.129. The minimum Gasteiger partial charge on any atom is -0.493 e. The van der Waals surface area contributed by atoms with Crippen molar-refractivity contribution in [3.05, 3.63) is 54.1 Å². The molecule has 0 saturated heterocycles. The number of para-hydroxylation sites is 3. The SMILES string of the molecule is CC[C@@H](Oc1ccccc1OC)C(=O)N[C@@H](C)COc1ccccc1C. The molecule has 140 valence electrons. The fraction of sp³-hybridized carbons (Fsp3) is 0.381. The van der Waals surface area contributed by atoms with E-state index in [4.69, 9.17) is 14.2 Å². The number of rotatable bonds is 9. The number of carbonyl (C=O) groups excluding carboxylic acids is 1. The van der Waals surface area contributed by atoms with Crippen molar-refractivity contribution in [3.63, 3.8) is 0 Å². The quantitative estimate of drug-likeness (QED) is 0.743. The Balaban J connectivity index is 1.90. The van der Waals surface area contributed by atoms with Crippen LogP contribution < -0.4 is 19.5 Å². The van der Waals surface area contributed by atoms with E-state index in [9.17, 15) is 4.79 Å². The van der Waals surface area contributed by atoms with Crippen molar-refractivity contribution in [1.29, 1.82) is 0 Å². The molecule has 0 bridgehead atoms. The third kappa shape index (κ3) is 5.41. The highest BCUT2D eigenvalue weighted by molar-refractivity contribution is 5.81. The van der Waals surface area contributed by atoms with Gasteiger partial charge < -0.3 is 19.5 Å². The lowest BCUT2D eigenvalue weighted by atomic mass is 10.2. The maximum atomic E-state index is 12.5. The van der Waals surface area contributed by atoms with Crippen LogP contribution >= 0.6 is 0 Å². The highest BCUT2D eigenvalue weighted by Gasteiger charge is 2.21. The predicted molar refractivity (Wildman–Crippen MR) is 102 cm³/mol. The molecule has 0 fully saturated rings. The van der Waals surface area contributed by atoms with Gasteiger partial charge in [-0.15, -0.1) is 0 Å². The summed E-state index contributed by atoms with van der Waals surface area (Å²) in [6.07, 6.45) is -0.0397. The van der Waals surface area contributed by atoms with Crippen molar-refractivity contribution >= 4 is 5.91 Å². The van der Waals surface area contributed by atoms with Gasteiger partial charge in [-0.25, -0.2) is 0 Å². The Morgan fingerprint density at radius 1 is 1.04 bits per heavy atom. The molecule has 0 radical (unpaired) electrons. The Morgan fingerprint density at radius 2 is 1.65 bits per heavy atom. The molecular formula is C21H27NO4. The first kappa shape index (κ1) is 19.6. The second kappa shape index (κ2) is 9.70. The Kier molecular flexibility index (Phi) is 7.33. The number of benzene rings is 2. The van der Waals surface area contributed by atoms with Crippen LogP contribution in [-0.4, -0.2) is 31.8 Å². The molecule has 0 saturated carbocycles. The lowest BCUT2D eigenvalue weighted by Crippen LogP contribution is -2.44. The second-order valence-corrected chi connectivity index (χ2v) is 6.15. The number of nitrogens with one attached hydrogen (secondary N) is 1. The van der Waals surface area contributed by atoms with Gasteiger partial charge in [0.15, 0.2) is 17.6 Å². The molecule has 26 heavy (non-hydrogen) atoms. The average molecular weight is 357 g/mol. The summed E-state index contributed by atoms with van der Waals surface area (Å²) in [5, 5.41) is 2.95. The minimum absolute atomic E-state index is 0.141. The number of amides is 1. The molecule has 0 aliphatic rings. The predicted octanol–water partition coefficient (Wildman–Crippen LogP) is 3.74. The summed E-state index contributed by atoms with van der Waals surface area (Å²) in [6, 6.07) is 15.0. The molecule has 0 heterocycles. The van der Waals surface area contributed by atoms with Crippen molar-refractivity contribution in [3.8, 4) is 17.2 Å². The third-order valence-electron chi connectivity index (χ3n) is 3.97. The van der Waals surface area contributed by atoms with Gasteiger partial charge >= 0.3 is 0 Å². The van der Waals surface area contributed by atoms with Crippen LogP contribution in [0.3, 0.4) is 0 Å². The zero-order chi connectivity index (χ0) is 18.9. The summed E-state index contributed by atoms with van der Waals surface area (Å²) in [6.45, 7) is 6.20. The van der Waals surface area contributed by atoms with Crippen LogP contribution in [0.1, 0.15) is 25.8 Å². The van der Waals surface area contributed by atoms with Crippen LogP contribution in [0, 0.1) is 6.92 Å². The van der Waals surface area contributed by atoms with E-state index in [1.165, 1.54) is 0 Å². The van der Waals surface area contributed by atoms with Gasteiger partial charge in [0.25, 0.3) is 5.91 Å². The summed E-state index contributed by atoms with van der Waals surface area (Å²) in [5.74, 6) is 1.82. The first-order valence-corrected chi connectivity index (χ1v) is 8.83. The Hall–Kier alpha value is -2.69. The van der Waals surface area contributed by atoms with Crippen molar-refractivity contribution in [2.24, 2.45) is 0 Å². The molecule has 2 atom stereocenters. The number of hydrogen-bond acceptors (Lipinski definition) is 4. The van der Waals surface area contributed by atoms with Crippen LogP contribution in [0.25, 0.3) is 0 Å². The monoisotopic (exact) mass is 357 g/mol. The van der Waals surface area contributed by atoms with Gasteiger partial charge in [0, 0.05) is 0 Å². The first-order chi connectivity index (χ1) is 12.5. The van der Waals surface area contributed by atoms with E-state index in [-0.39, 0.29) is 11.9 Å². The van der Waals surface area contributed by atoms with Gasteiger partial charge in [-0.2, -0.15) is 0 Å². The zero-order valence-electron chi connectivity index (χ0n) is 15.8. The van der Waals surface area contributed by atoms with Crippen LogP contribution in [0.4, 0.5) is 0 Å². The summed E-state index contributed by atoms with van der Waals surface area (Å²) in [7, 11) is 1.58. The number of ether oxygens (including phenoxy) is 3. The summed E-state index contributed by atoms with van der Waals surface area (Å²) in [4.78, 5) is 12.5. The fourth-order valence-electron chi connectivity index (χ4n) is 2.50. The van der Waals surface area contributed by atoms with Gasteiger partial charge in [0.05, 0.1) is 13.2 Å². The van der Waals surface area contributed by atoms with Crippen molar-refractivity contribution in [2.45, 2.75) is 39.3 Å². The fourth-order valence-corrected chi connectivity index (χ4v) is 2.50. The minimum atomic E-state index is -0.591. The van der Waals surface area contributed by atoms with Crippen molar-refractivity contribution in [1.82, 2.24) is 5.32 Å². The van der Waals surface area contributed by atoms with E-state index in [0.29, 0.717) is 24.5 Å². The topological polar surface area (TPSA) is 56.8 Å². The van der Waals surface area contributed by atoms with Gasteiger partial charge in [-0.1, -0.05) is 37.3 Å². The molecule has 0 unspecified atom stereocenters. The van der Waals surface area contributed by atoms with Crippen LogP contribution in [0.5, 0.6) is 17.2 Å². The third-order valence-corrected chi connectivity index (χ3v) is 3.97. The molecule has 2 aromatic rings. The maximum Gasteiger partial charge on any atom is 0.261 e. The Bertz CT molecular complexity index is 717. The van der Waals surface area contributed by atoms with Gasteiger partial charge in [-0.3, -0.25) is 4.79 Å². The van der Waals surface area contributed by atoms with Gasteiger partial charge in [0.2, 0.25) is 0 Å². The van der Waals surface area contributed by atoms with E-state index in [0.717, 1.165) is 11.3 Å². The van der Waals surface area contributed by atoms with E-state index >= 15 is 0 Å². The van der Waals surface area contributed by atoms with E-state index in [1.807, 2.05) is 57.2 Å². The van der Waals surface area contributed by atoms with Crippen LogP contribution in [0.15, 0.2) is 48.5 Å². The lowest BCUT2D eigenvalue weighted by Gasteiger charge is -2.21. The number of hydrogen-bond donors (Lipinski definition) is 1. The molecule has 5 heteroatoms. The first-order valence-electron chi connectivity index (χ1n) is 8.83. The normalized spacial score (nSPS) is 12.8. The zero-order valence-corrected chi connectivity index (χ0v) is 15.8. The highest BCUT2D eigenvalue weighted by Crippen LogP contribution is 2.27. The summed E-state index contributed by atoms with van der Waals surface area (Å²) in [5.41, 5.74) is 1.07. The van der Waals surface area contributed by atoms with E-state index in [2.05, 4.69) is 5.32 Å². The molecule has 1 N–H and O–H groups in total. The number of carbonyl (C=O) groups is 1. The molecule has 1 amide bonds. The number of aryl methyl sites for hydroxylation is 1. The summed E-state index contributed by atoms with van der Waals surface area (Å²) < 4.78 is 16.9. The molecule has 2 aromatic carbocycles. The molecule has 0 spiro atoms. The molecule has 0 aliphatic heterocycles. The summed E-state index contributed by atoms with van der Waals surface area (Å²) >= 11 is 0. The number of methoxy groups -OCH3 is 1.